The molecule has 8 heteroatoms. The highest BCUT2D eigenvalue weighted by Gasteiger charge is 2.68. The van der Waals surface area contributed by atoms with E-state index in [1.54, 1.807) is 26.0 Å². The largest absolute Gasteiger partial charge is 0.504 e. The summed E-state index contributed by atoms with van der Waals surface area (Å²) in [6.45, 7) is 3.82. The molecule has 2 aliphatic heterocycles. The van der Waals surface area contributed by atoms with Gasteiger partial charge in [0.1, 0.15) is 5.54 Å². The third kappa shape index (κ3) is 3.64. The van der Waals surface area contributed by atoms with Crippen LogP contribution in [0.3, 0.4) is 0 Å². The highest BCUT2D eigenvalue weighted by Crippen LogP contribution is 2.51. The number of benzene rings is 2. The third-order valence-electron chi connectivity index (χ3n) is 6.59. The van der Waals surface area contributed by atoms with Crippen LogP contribution in [0.4, 0.5) is 0 Å². The van der Waals surface area contributed by atoms with E-state index in [0.717, 1.165) is 5.56 Å². The van der Waals surface area contributed by atoms with Crippen molar-refractivity contribution >= 4 is 17.8 Å². The van der Waals surface area contributed by atoms with Crippen LogP contribution in [0.15, 0.2) is 48.5 Å². The number of methoxy groups -OCH3 is 1. The molecule has 8 nitrogen and oxygen atoms in total. The van der Waals surface area contributed by atoms with Crippen molar-refractivity contribution in [3.8, 4) is 11.5 Å². The van der Waals surface area contributed by atoms with E-state index in [0.29, 0.717) is 5.56 Å². The Morgan fingerprint density at radius 2 is 1.85 bits per heavy atom. The summed E-state index contributed by atoms with van der Waals surface area (Å²) in [5.41, 5.74) is 0.0583. The van der Waals surface area contributed by atoms with Gasteiger partial charge in [-0.15, -0.1) is 0 Å². The molecule has 0 unspecified atom stereocenters. The first-order valence-corrected chi connectivity index (χ1v) is 11.1. The maximum Gasteiger partial charge on any atom is 0.327 e. The molecule has 2 amide bonds. The minimum Gasteiger partial charge on any atom is -0.504 e. The van der Waals surface area contributed by atoms with Gasteiger partial charge in [-0.1, -0.05) is 36.4 Å². The van der Waals surface area contributed by atoms with Gasteiger partial charge >= 0.3 is 5.97 Å². The second kappa shape index (κ2) is 8.86. The molecule has 4 rings (SSSR count). The monoisotopic (exact) mass is 452 g/mol. The van der Waals surface area contributed by atoms with E-state index >= 15 is 0 Å². The number of esters is 1. The molecule has 2 saturated heterocycles. The molecule has 2 aliphatic rings. The predicted molar refractivity (Wildman–Crippen MR) is 119 cm³/mol. The van der Waals surface area contributed by atoms with Crippen LogP contribution in [-0.4, -0.2) is 53.6 Å². The van der Waals surface area contributed by atoms with Crippen molar-refractivity contribution in [1.29, 1.82) is 0 Å². The molecule has 33 heavy (non-hydrogen) atoms. The molecule has 2 fully saturated rings. The zero-order valence-electron chi connectivity index (χ0n) is 18.9. The van der Waals surface area contributed by atoms with Crippen LogP contribution in [0.5, 0.6) is 11.5 Å². The molecule has 174 valence electrons. The Morgan fingerprint density at radius 3 is 2.48 bits per heavy atom. The van der Waals surface area contributed by atoms with Crippen LogP contribution in [0.25, 0.3) is 0 Å². The van der Waals surface area contributed by atoms with Gasteiger partial charge in [-0.05, 0) is 37.1 Å². The number of nitrogens with one attached hydrogen (secondary N) is 1. The number of nitrogens with zero attached hydrogens (tertiary/aromatic N) is 1. The first-order chi connectivity index (χ1) is 15.9. The van der Waals surface area contributed by atoms with Gasteiger partial charge in [0.2, 0.25) is 11.8 Å². The number of ether oxygens (including phenoxy) is 2. The summed E-state index contributed by atoms with van der Waals surface area (Å²) in [5.74, 6) is -2.77. The number of likely N-dealkylation sites (tertiary alicyclic amines) is 1. The van der Waals surface area contributed by atoms with E-state index in [2.05, 4.69) is 5.32 Å². The highest BCUT2D eigenvalue weighted by atomic mass is 16.5. The highest BCUT2D eigenvalue weighted by molar-refractivity contribution is 6.09. The number of phenols is 1. The summed E-state index contributed by atoms with van der Waals surface area (Å²) in [7, 11) is 1.44. The summed E-state index contributed by atoms with van der Waals surface area (Å²) in [6.07, 6.45) is 0.191. The lowest BCUT2D eigenvalue weighted by molar-refractivity contribution is -0.156. The molecule has 2 N–H and O–H groups in total. The number of aromatic hydroxyl groups is 1. The minimum absolute atomic E-state index is 0.0410. The lowest BCUT2D eigenvalue weighted by Crippen LogP contribution is -2.58. The fourth-order valence-corrected chi connectivity index (χ4v) is 5.15. The number of amides is 2. The van der Waals surface area contributed by atoms with Crippen LogP contribution in [-0.2, 0) is 25.5 Å². The molecule has 0 radical (unpaired) electrons. The number of hydrogen-bond donors (Lipinski definition) is 2. The van der Waals surface area contributed by atoms with Crippen LogP contribution in [0.2, 0.25) is 0 Å². The number of phenolic OH excluding ortho intramolecular Hbond substituents is 1. The first-order valence-electron chi connectivity index (χ1n) is 11.1. The lowest BCUT2D eigenvalue weighted by Gasteiger charge is -2.33. The van der Waals surface area contributed by atoms with E-state index in [1.165, 1.54) is 18.1 Å². The average molecular weight is 453 g/mol. The molecular weight excluding hydrogens is 424 g/mol. The van der Waals surface area contributed by atoms with Crippen molar-refractivity contribution in [3.05, 3.63) is 59.7 Å². The Hall–Kier alpha value is -3.39. The Balaban J connectivity index is 1.88. The summed E-state index contributed by atoms with van der Waals surface area (Å²) < 4.78 is 10.7. The van der Waals surface area contributed by atoms with E-state index in [-0.39, 0.29) is 42.9 Å². The van der Waals surface area contributed by atoms with Crippen molar-refractivity contribution in [2.24, 2.45) is 11.8 Å². The van der Waals surface area contributed by atoms with Gasteiger partial charge in [-0.2, -0.15) is 0 Å². The van der Waals surface area contributed by atoms with Gasteiger partial charge < -0.3 is 14.6 Å². The van der Waals surface area contributed by atoms with Crippen molar-refractivity contribution in [1.82, 2.24) is 10.2 Å². The first kappa shape index (κ1) is 22.8. The van der Waals surface area contributed by atoms with E-state index in [9.17, 15) is 19.5 Å². The van der Waals surface area contributed by atoms with Crippen molar-refractivity contribution in [2.45, 2.75) is 31.8 Å². The summed E-state index contributed by atoms with van der Waals surface area (Å²) >= 11 is 0. The number of rotatable bonds is 7. The fraction of sp³-hybridized carbons (Fsp3) is 0.400. The maximum absolute atomic E-state index is 13.5. The van der Waals surface area contributed by atoms with E-state index in [1.807, 2.05) is 30.3 Å². The lowest BCUT2D eigenvalue weighted by atomic mass is 9.76. The zero-order chi connectivity index (χ0) is 23.8. The summed E-state index contributed by atoms with van der Waals surface area (Å²) in [4.78, 5) is 41.6. The van der Waals surface area contributed by atoms with Gasteiger partial charge in [0.25, 0.3) is 0 Å². The van der Waals surface area contributed by atoms with Crippen molar-refractivity contribution in [3.63, 3.8) is 0 Å². The fourth-order valence-electron chi connectivity index (χ4n) is 5.15. The minimum atomic E-state index is -1.42. The number of fused-ring (bicyclic) bond motifs is 1. The molecule has 2 aromatic rings. The van der Waals surface area contributed by atoms with E-state index in [4.69, 9.17) is 9.47 Å². The smallest absolute Gasteiger partial charge is 0.327 e. The molecule has 0 aromatic heterocycles. The number of imide groups is 1. The van der Waals surface area contributed by atoms with Gasteiger partial charge in [0.15, 0.2) is 11.5 Å². The molecular formula is C25H28N2O6. The van der Waals surface area contributed by atoms with Crippen molar-refractivity contribution < 1.29 is 29.0 Å². The Kier molecular flexibility index (Phi) is 6.12. The third-order valence-corrected chi connectivity index (χ3v) is 6.59. The molecule has 4 atom stereocenters. The Morgan fingerprint density at radius 1 is 1.12 bits per heavy atom. The SMILES string of the molecule is CCOC(=O)[C@]1(Cc2ccccc2)N[C@@H](c2ccc(O)c(OC)c2)[C@@H]2C(=O)N(CC)C(=O)[C@H]21. The Labute approximate surface area is 192 Å². The molecule has 2 heterocycles. The summed E-state index contributed by atoms with van der Waals surface area (Å²) in [5, 5.41) is 13.4. The van der Waals surface area contributed by atoms with Gasteiger partial charge in [0, 0.05) is 19.0 Å². The van der Waals surface area contributed by atoms with Crippen molar-refractivity contribution in [2.75, 3.05) is 20.3 Å². The predicted octanol–water partition coefficient (Wildman–Crippen LogP) is 2.21. The van der Waals surface area contributed by atoms with Gasteiger partial charge in [-0.3, -0.25) is 24.6 Å². The van der Waals surface area contributed by atoms with E-state index < -0.39 is 29.4 Å². The standard InChI is InChI=1S/C25H28N2O6/c1-4-27-22(29)19-20(23(27)30)25(24(31)33-5-2,14-15-9-7-6-8-10-15)26-21(19)16-11-12-17(28)18(13-16)32-3/h6-13,19-21,26,28H,4-5,14H2,1-3H3/t19-,20+,21+,25-/m1/s1. The second-order valence-electron chi connectivity index (χ2n) is 8.33. The molecule has 0 aliphatic carbocycles. The van der Waals surface area contributed by atoms with Gasteiger partial charge in [0.05, 0.1) is 25.6 Å². The topological polar surface area (TPSA) is 105 Å². The molecule has 0 bridgehead atoms. The average Bonchev–Trinajstić information content (AvgIpc) is 3.29. The quantitative estimate of drug-likeness (QED) is 0.490. The van der Waals surface area contributed by atoms with Crippen LogP contribution < -0.4 is 10.1 Å². The molecule has 0 saturated carbocycles. The number of carbonyl (C=O) groups is 3. The normalized spacial score (nSPS) is 26.4. The van der Waals surface area contributed by atoms with Crippen LogP contribution >= 0.6 is 0 Å². The number of carbonyl (C=O) groups excluding carboxylic acids is 3. The summed E-state index contributed by atoms with van der Waals surface area (Å²) in [6, 6.07) is 13.5. The number of hydrogen-bond acceptors (Lipinski definition) is 7. The second-order valence-corrected chi connectivity index (χ2v) is 8.33. The van der Waals surface area contributed by atoms with Crippen LogP contribution in [0, 0.1) is 11.8 Å². The Bertz CT molecular complexity index is 1070. The van der Waals surface area contributed by atoms with Crippen LogP contribution in [0.1, 0.15) is 31.0 Å². The molecule has 0 spiro atoms. The molecule has 2 aromatic carbocycles. The van der Waals surface area contributed by atoms with Gasteiger partial charge in [-0.25, -0.2) is 0 Å². The maximum atomic E-state index is 13.5. The zero-order valence-corrected chi connectivity index (χ0v) is 18.9.